The van der Waals surface area contributed by atoms with Crippen LogP contribution in [-0.2, 0) is 4.74 Å². The zero-order valence-electron chi connectivity index (χ0n) is 9.54. The van der Waals surface area contributed by atoms with Crippen molar-refractivity contribution in [3.63, 3.8) is 0 Å². The van der Waals surface area contributed by atoms with Crippen LogP contribution in [0, 0.1) is 0 Å². The summed E-state index contributed by atoms with van der Waals surface area (Å²) in [5.74, 6) is 0. The van der Waals surface area contributed by atoms with Crippen molar-refractivity contribution in [2.45, 2.75) is 45.3 Å². The Morgan fingerprint density at radius 1 is 1.50 bits per heavy atom. The predicted molar refractivity (Wildman–Crippen MR) is 59.4 cm³/mol. The maximum atomic E-state index is 5.98. The van der Waals surface area contributed by atoms with Crippen molar-refractivity contribution < 1.29 is 4.74 Å². The minimum absolute atomic E-state index is 0.387. The monoisotopic (exact) mass is 200 g/mol. The molecule has 2 N–H and O–H groups in total. The fraction of sp³-hybridized carbons (Fsp3) is 1.00. The van der Waals surface area contributed by atoms with E-state index in [2.05, 4.69) is 18.7 Å². The van der Waals surface area contributed by atoms with Gasteiger partial charge in [-0.1, -0.05) is 13.3 Å². The van der Waals surface area contributed by atoms with E-state index in [4.69, 9.17) is 10.5 Å². The van der Waals surface area contributed by atoms with Crippen LogP contribution in [-0.4, -0.2) is 43.3 Å². The van der Waals surface area contributed by atoms with Gasteiger partial charge < -0.3 is 10.5 Å². The average molecular weight is 200 g/mol. The van der Waals surface area contributed by atoms with Gasteiger partial charge in [-0.25, -0.2) is 0 Å². The molecule has 1 heterocycles. The van der Waals surface area contributed by atoms with Crippen molar-refractivity contribution in [3.8, 4) is 0 Å². The van der Waals surface area contributed by atoms with E-state index >= 15 is 0 Å². The molecule has 0 aromatic carbocycles. The Morgan fingerprint density at radius 2 is 2.29 bits per heavy atom. The van der Waals surface area contributed by atoms with E-state index < -0.39 is 0 Å². The molecule has 0 radical (unpaired) electrons. The van der Waals surface area contributed by atoms with Gasteiger partial charge >= 0.3 is 0 Å². The second kappa shape index (κ2) is 6.38. The Bertz CT molecular complexity index is 152. The molecule has 3 nitrogen and oxygen atoms in total. The molecule has 0 aliphatic carbocycles. The highest BCUT2D eigenvalue weighted by atomic mass is 16.5. The van der Waals surface area contributed by atoms with Gasteiger partial charge in [0.15, 0.2) is 0 Å². The summed E-state index contributed by atoms with van der Waals surface area (Å²) in [4.78, 5) is 2.46. The molecule has 2 unspecified atom stereocenters. The molecule has 0 spiro atoms. The van der Waals surface area contributed by atoms with Crippen molar-refractivity contribution in [2.24, 2.45) is 5.73 Å². The van der Waals surface area contributed by atoms with Gasteiger partial charge in [-0.05, 0) is 26.3 Å². The normalized spacial score (nSPS) is 26.4. The highest BCUT2D eigenvalue weighted by molar-refractivity contribution is 4.70. The molecule has 0 saturated carbocycles. The van der Waals surface area contributed by atoms with Crippen molar-refractivity contribution in [3.05, 3.63) is 0 Å². The molecule has 84 valence electrons. The summed E-state index contributed by atoms with van der Waals surface area (Å²) < 4.78 is 5.49. The van der Waals surface area contributed by atoms with Gasteiger partial charge in [-0.3, -0.25) is 4.90 Å². The van der Waals surface area contributed by atoms with E-state index in [1.807, 2.05) is 0 Å². The molecule has 1 aliphatic rings. The molecule has 1 aliphatic heterocycles. The molecule has 0 amide bonds. The topological polar surface area (TPSA) is 38.5 Å². The molecule has 1 fully saturated rings. The smallest absolute Gasteiger partial charge is 0.0674 e. The van der Waals surface area contributed by atoms with Gasteiger partial charge in [0.2, 0.25) is 0 Å². The number of nitrogens with two attached hydrogens (primary N) is 1. The van der Waals surface area contributed by atoms with Gasteiger partial charge in [0, 0.05) is 19.1 Å². The summed E-state index contributed by atoms with van der Waals surface area (Å²) in [6, 6.07) is 0.387. The third-order valence-corrected chi connectivity index (χ3v) is 2.80. The van der Waals surface area contributed by atoms with Crippen molar-refractivity contribution in [2.75, 3.05) is 26.2 Å². The van der Waals surface area contributed by atoms with Crippen LogP contribution in [0.3, 0.4) is 0 Å². The van der Waals surface area contributed by atoms with Crippen LogP contribution in [0.1, 0.15) is 33.1 Å². The van der Waals surface area contributed by atoms with Gasteiger partial charge in [0.05, 0.1) is 12.7 Å². The summed E-state index contributed by atoms with van der Waals surface area (Å²) in [6.45, 7) is 8.48. The molecule has 1 rings (SSSR count). The second-order valence-electron chi connectivity index (χ2n) is 4.32. The maximum absolute atomic E-state index is 5.98. The van der Waals surface area contributed by atoms with Crippen LogP contribution < -0.4 is 5.73 Å². The first-order chi connectivity index (χ1) is 6.72. The van der Waals surface area contributed by atoms with E-state index in [9.17, 15) is 0 Å². The minimum atomic E-state index is 0.387. The van der Waals surface area contributed by atoms with Crippen LogP contribution in [0.2, 0.25) is 0 Å². The lowest BCUT2D eigenvalue weighted by molar-refractivity contribution is -0.0189. The summed E-state index contributed by atoms with van der Waals surface area (Å²) >= 11 is 0. The molecular formula is C11H24N2O. The summed E-state index contributed by atoms with van der Waals surface area (Å²) in [5.41, 5.74) is 5.98. The summed E-state index contributed by atoms with van der Waals surface area (Å²) in [6.07, 6.45) is 3.87. The first kappa shape index (κ1) is 12.0. The third-order valence-electron chi connectivity index (χ3n) is 2.80. The molecule has 14 heavy (non-hydrogen) atoms. The molecule has 0 aromatic rings. The van der Waals surface area contributed by atoms with E-state index in [1.54, 1.807) is 0 Å². The van der Waals surface area contributed by atoms with Crippen LogP contribution in [0.15, 0.2) is 0 Å². The fourth-order valence-corrected chi connectivity index (χ4v) is 1.96. The highest BCUT2D eigenvalue weighted by Crippen LogP contribution is 2.06. The Kier molecular flexibility index (Phi) is 5.45. The van der Waals surface area contributed by atoms with E-state index in [-0.39, 0.29) is 0 Å². The van der Waals surface area contributed by atoms with Gasteiger partial charge in [-0.15, -0.1) is 0 Å². The van der Waals surface area contributed by atoms with E-state index in [0.717, 1.165) is 39.1 Å². The lowest BCUT2D eigenvalue weighted by Crippen LogP contribution is -2.42. The first-order valence-corrected chi connectivity index (χ1v) is 5.82. The summed E-state index contributed by atoms with van der Waals surface area (Å²) in [7, 11) is 0. The number of rotatable bonds is 5. The molecule has 2 atom stereocenters. The Morgan fingerprint density at radius 3 is 2.93 bits per heavy atom. The largest absolute Gasteiger partial charge is 0.376 e. The van der Waals surface area contributed by atoms with Gasteiger partial charge in [-0.2, -0.15) is 0 Å². The summed E-state index contributed by atoms with van der Waals surface area (Å²) in [5, 5.41) is 0. The number of hydrogen-bond acceptors (Lipinski definition) is 3. The van der Waals surface area contributed by atoms with E-state index in [1.165, 1.54) is 6.42 Å². The third kappa shape index (κ3) is 4.40. The lowest BCUT2D eigenvalue weighted by atomic mass is 10.1. The number of ether oxygens (including phenoxy) is 1. The predicted octanol–water partition coefficient (Wildman–Crippen LogP) is 1.22. The first-order valence-electron chi connectivity index (χ1n) is 5.82. The second-order valence-corrected chi connectivity index (χ2v) is 4.32. The molecule has 0 bridgehead atoms. The number of morpholine rings is 1. The molecular weight excluding hydrogens is 176 g/mol. The van der Waals surface area contributed by atoms with Crippen molar-refractivity contribution >= 4 is 0 Å². The quantitative estimate of drug-likeness (QED) is 0.725. The Balaban J connectivity index is 2.10. The van der Waals surface area contributed by atoms with E-state index in [0.29, 0.717) is 12.1 Å². The highest BCUT2D eigenvalue weighted by Gasteiger charge is 2.16. The SMILES string of the molecule is CCCC(N)CCN1CCOC(C)C1. The Labute approximate surface area is 87.6 Å². The minimum Gasteiger partial charge on any atom is -0.376 e. The van der Waals surface area contributed by atoms with Crippen LogP contribution in [0.25, 0.3) is 0 Å². The lowest BCUT2D eigenvalue weighted by Gasteiger charge is -2.31. The molecule has 3 heteroatoms. The standard InChI is InChI=1S/C11H24N2O/c1-3-4-11(12)5-6-13-7-8-14-10(2)9-13/h10-11H,3-9,12H2,1-2H3. The number of hydrogen-bond donors (Lipinski definition) is 1. The van der Waals surface area contributed by atoms with Crippen molar-refractivity contribution in [1.82, 2.24) is 4.90 Å². The van der Waals surface area contributed by atoms with Gasteiger partial charge in [0.1, 0.15) is 0 Å². The van der Waals surface area contributed by atoms with Gasteiger partial charge in [0.25, 0.3) is 0 Å². The van der Waals surface area contributed by atoms with Crippen LogP contribution in [0.5, 0.6) is 0 Å². The average Bonchev–Trinajstić information content (AvgIpc) is 2.15. The fourth-order valence-electron chi connectivity index (χ4n) is 1.96. The Hall–Kier alpha value is -0.120. The zero-order valence-corrected chi connectivity index (χ0v) is 9.54. The van der Waals surface area contributed by atoms with Crippen LogP contribution in [0.4, 0.5) is 0 Å². The van der Waals surface area contributed by atoms with Crippen LogP contribution >= 0.6 is 0 Å². The molecule has 1 saturated heterocycles. The maximum Gasteiger partial charge on any atom is 0.0674 e. The molecule has 0 aromatic heterocycles. The number of nitrogens with zero attached hydrogens (tertiary/aromatic N) is 1. The zero-order chi connectivity index (χ0) is 10.4. The van der Waals surface area contributed by atoms with Crippen molar-refractivity contribution in [1.29, 1.82) is 0 Å².